The van der Waals surface area contributed by atoms with E-state index in [0.717, 1.165) is 54.7 Å². The van der Waals surface area contributed by atoms with E-state index < -0.39 is 6.10 Å². The van der Waals surface area contributed by atoms with Crippen molar-refractivity contribution in [1.29, 1.82) is 0 Å². The van der Waals surface area contributed by atoms with Crippen LogP contribution in [0.4, 0.5) is 5.13 Å². The van der Waals surface area contributed by atoms with Crippen LogP contribution >= 0.6 is 23.1 Å². The Balaban J connectivity index is 1.56. The Labute approximate surface area is 176 Å². The summed E-state index contributed by atoms with van der Waals surface area (Å²) in [6.07, 6.45) is 2.55. The standard InChI is InChI=1S/C21H33N3O2S2/c1-12(19(26)24-7-9-27-10-8-24)14-5-6-21(3)11-15-17(23-20(22-4)28-15)13(2)16(21)18(14)25/h12-14,16,18,25H,5-11H2,1-4H3,(H,22,23). The van der Waals surface area contributed by atoms with Gasteiger partial charge in [0, 0.05) is 48.4 Å². The molecule has 0 aromatic carbocycles. The number of rotatable bonds is 3. The van der Waals surface area contributed by atoms with Gasteiger partial charge in [-0.25, -0.2) is 4.98 Å². The molecule has 0 bridgehead atoms. The molecule has 2 aliphatic carbocycles. The lowest BCUT2D eigenvalue weighted by molar-refractivity contribution is -0.144. The Morgan fingerprint density at radius 2 is 2.11 bits per heavy atom. The first kappa shape index (κ1) is 20.5. The molecule has 6 atom stereocenters. The van der Waals surface area contributed by atoms with Crippen molar-refractivity contribution in [3.05, 3.63) is 10.6 Å². The number of hydrogen-bond acceptors (Lipinski definition) is 6. The van der Waals surface area contributed by atoms with E-state index in [9.17, 15) is 9.90 Å². The van der Waals surface area contributed by atoms with E-state index in [2.05, 4.69) is 19.2 Å². The number of thioether (sulfide) groups is 1. The van der Waals surface area contributed by atoms with E-state index in [-0.39, 0.29) is 35.0 Å². The molecule has 5 nitrogen and oxygen atoms in total. The van der Waals surface area contributed by atoms with E-state index in [1.54, 1.807) is 11.3 Å². The smallest absolute Gasteiger partial charge is 0.225 e. The van der Waals surface area contributed by atoms with E-state index in [1.165, 1.54) is 4.88 Å². The number of fused-ring (bicyclic) bond motifs is 2. The third-order valence-electron chi connectivity index (χ3n) is 7.49. The van der Waals surface area contributed by atoms with Gasteiger partial charge in [-0.3, -0.25) is 4.79 Å². The van der Waals surface area contributed by atoms with Crippen molar-refractivity contribution in [2.45, 2.75) is 52.1 Å². The monoisotopic (exact) mass is 423 g/mol. The minimum atomic E-state index is -0.445. The molecule has 4 rings (SSSR count). The van der Waals surface area contributed by atoms with Gasteiger partial charge in [-0.2, -0.15) is 11.8 Å². The molecule has 1 saturated heterocycles. The van der Waals surface area contributed by atoms with Gasteiger partial charge in [0.25, 0.3) is 0 Å². The number of hydrogen-bond donors (Lipinski definition) is 2. The van der Waals surface area contributed by atoms with Crippen LogP contribution in [0.3, 0.4) is 0 Å². The molecule has 28 heavy (non-hydrogen) atoms. The molecule has 2 fully saturated rings. The van der Waals surface area contributed by atoms with Crippen LogP contribution in [0.25, 0.3) is 0 Å². The highest BCUT2D eigenvalue weighted by Crippen LogP contribution is 2.57. The number of nitrogens with one attached hydrogen (secondary N) is 1. The number of amides is 1. The van der Waals surface area contributed by atoms with Crippen molar-refractivity contribution >= 4 is 34.1 Å². The summed E-state index contributed by atoms with van der Waals surface area (Å²) in [6.45, 7) is 8.30. The van der Waals surface area contributed by atoms with E-state index in [0.29, 0.717) is 0 Å². The zero-order valence-corrected chi connectivity index (χ0v) is 19.0. The van der Waals surface area contributed by atoms with Gasteiger partial charge < -0.3 is 15.3 Å². The molecule has 1 aliphatic heterocycles. The van der Waals surface area contributed by atoms with Crippen molar-refractivity contribution in [2.75, 3.05) is 37.0 Å². The zero-order chi connectivity index (χ0) is 20.1. The van der Waals surface area contributed by atoms with Crippen molar-refractivity contribution in [3.63, 3.8) is 0 Å². The van der Waals surface area contributed by atoms with Gasteiger partial charge in [0.1, 0.15) is 0 Å². The number of anilines is 1. The molecule has 2 N–H and O–H groups in total. The normalized spacial score (nSPS) is 36.4. The van der Waals surface area contributed by atoms with Gasteiger partial charge in [-0.1, -0.05) is 20.8 Å². The third-order valence-corrected chi connectivity index (χ3v) is 9.52. The van der Waals surface area contributed by atoms with Crippen LogP contribution in [0.2, 0.25) is 0 Å². The molecular weight excluding hydrogens is 390 g/mol. The number of carbonyl (C=O) groups is 1. The van der Waals surface area contributed by atoms with E-state index in [1.807, 2.05) is 30.6 Å². The van der Waals surface area contributed by atoms with Gasteiger partial charge in [-0.15, -0.1) is 11.3 Å². The largest absolute Gasteiger partial charge is 0.392 e. The van der Waals surface area contributed by atoms with Crippen LogP contribution in [-0.2, 0) is 11.2 Å². The van der Waals surface area contributed by atoms with Crippen LogP contribution in [0.5, 0.6) is 0 Å². The third kappa shape index (κ3) is 3.37. The maximum Gasteiger partial charge on any atom is 0.225 e. The molecule has 0 radical (unpaired) electrons. The maximum atomic E-state index is 13.1. The molecular formula is C21H33N3O2S2. The Kier molecular flexibility index (Phi) is 5.71. The summed E-state index contributed by atoms with van der Waals surface area (Å²) in [7, 11) is 1.92. The number of aliphatic hydroxyl groups excluding tert-OH is 1. The fourth-order valence-corrected chi connectivity index (χ4v) is 8.03. The summed E-state index contributed by atoms with van der Waals surface area (Å²) < 4.78 is 0. The number of thiazole rings is 1. The van der Waals surface area contributed by atoms with Crippen LogP contribution in [0, 0.1) is 23.2 Å². The summed E-state index contributed by atoms with van der Waals surface area (Å²) in [6, 6.07) is 0. The Bertz CT molecular complexity index is 733. The summed E-state index contributed by atoms with van der Waals surface area (Å²) in [5, 5.41) is 15.6. The van der Waals surface area contributed by atoms with Crippen LogP contribution in [0.1, 0.15) is 50.1 Å². The van der Waals surface area contributed by atoms with Crippen LogP contribution in [0.15, 0.2) is 0 Å². The average molecular weight is 424 g/mol. The first-order valence-corrected chi connectivity index (χ1v) is 12.5. The van der Waals surface area contributed by atoms with Crippen molar-refractivity contribution in [3.8, 4) is 0 Å². The molecule has 1 saturated carbocycles. The minimum absolute atomic E-state index is 0.0477. The molecule has 3 aliphatic rings. The second-order valence-electron chi connectivity index (χ2n) is 9.14. The number of nitrogens with zero attached hydrogens (tertiary/aromatic N) is 2. The maximum absolute atomic E-state index is 13.1. The fraction of sp³-hybridized carbons (Fsp3) is 0.810. The lowest BCUT2D eigenvalue weighted by atomic mass is 9.53. The SMILES string of the molecule is CNc1nc2c(s1)CC1(C)CCC(C(C)C(=O)N3CCSCC3)C(O)C1C2C. The average Bonchev–Trinajstić information content (AvgIpc) is 3.10. The van der Waals surface area contributed by atoms with Crippen molar-refractivity contribution in [1.82, 2.24) is 9.88 Å². The first-order chi connectivity index (χ1) is 13.4. The highest BCUT2D eigenvalue weighted by molar-refractivity contribution is 7.99. The van der Waals surface area contributed by atoms with Gasteiger partial charge in [0.2, 0.25) is 5.91 Å². The minimum Gasteiger partial charge on any atom is -0.392 e. The number of carbonyl (C=O) groups excluding carboxylic acids is 1. The predicted molar refractivity (Wildman–Crippen MR) is 117 cm³/mol. The van der Waals surface area contributed by atoms with Crippen LogP contribution in [-0.4, -0.2) is 58.6 Å². The van der Waals surface area contributed by atoms with Gasteiger partial charge in [0.15, 0.2) is 5.13 Å². The fourth-order valence-electron chi connectivity index (χ4n) is 5.91. The second-order valence-corrected chi connectivity index (χ2v) is 11.5. The van der Waals surface area contributed by atoms with Crippen LogP contribution < -0.4 is 5.32 Å². The Morgan fingerprint density at radius 1 is 1.39 bits per heavy atom. The first-order valence-electron chi connectivity index (χ1n) is 10.6. The van der Waals surface area contributed by atoms with E-state index >= 15 is 0 Å². The molecule has 7 heteroatoms. The number of aliphatic hydroxyl groups is 1. The highest BCUT2D eigenvalue weighted by atomic mass is 32.2. The topological polar surface area (TPSA) is 65.5 Å². The Hall–Kier alpha value is -0.790. The summed E-state index contributed by atoms with van der Waals surface area (Å²) in [4.78, 5) is 21.3. The highest BCUT2D eigenvalue weighted by Gasteiger charge is 2.54. The van der Waals surface area contributed by atoms with Gasteiger partial charge >= 0.3 is 0 Å². The predicted octanol–water partition coefficient (Wildman–Crippen LogP) is 3.45. The van der Waals surface area contributed by atoms with Crippen molar-refractivity contribution < 1.29 is 9.90 Å². The van der Waals surface area contributed by atoms with E-state index in [4.69, 9.17) is 4.98 Å². The van der Waals surface area contributed by atoms with Gasteiger partial charge in [-0.05, 0) is 36.5 Å². The number of aromatic nitrogens is 1. The summed E-state index contributed by atoms with van der Waals surface area (Å²) in [5.74, 6) is 2.62. The second kappa shape index (κ2) is 7.80. The summed E-state index contributed by atoms with van der Waals surface area (Å²) in [5.41, 5.74) is 1.24. The lowest BCUT2D eigenvalue weighted by Crippen LogP contribution is -2.54. The molecule has 1 aromatic heterocycles. The molecule has 1 amide bonds. The quantitative estimate of drug-likeness (QED) is 0.780. The molecule has 6 unspecified atom stereocenters. The molecule has 1 aromatic rings. The van der Waals surface area contributed by atoms with Crippen molar-refractivity contribution in [2.24, 2.45) is 23.2 Å². The summed E-state index contributed by atoms with van der Waals surface area (Å²) >= 11 is 3.68. The lowest BCUT2D eigenvalue weighted by Gasteiger charge is -2.53. The van der Waals surface area contributed by atoms with Gasteiger partial charge in [0.05, 0.1) is 11.8 Å². The Morgan fingerprint density at radius 3 is 2.79 bits per heavy atom. The molecule has 156 valence electrons. The molecule has 0 spiro atoms. The molecule has 2 heterocycles. The zero-order valence-electron chi connectivity index (χ0n) is 17.4.